The number of nitrogens with one attached hydrogen (secondary N) is 1. The second kappa shape index (κ2) is 7.68. The number of carbonyl (C=O) groups excluding carboxylic acids is 3. The van der Waals surface area contributed by atoms with Gasteiger partial charge in [-0.3, -0.25) is 19.3 Å². The Balaban J connectivity index is 1.75. The number of nitrogens with zero attached hydrogens (tertiary/aromatic N) is 1. The SMILES string of the molecule is CCC(=O)c1ccc2c(c1)N(CC(=O)NC1CCCCC1)C(=O)CO2. The Labute approximate surface area is 147 Å². The molecule has 0 radical (unpaired) electrons. The number of hydrogen-bond acceptors (Lipinski definition) is 4. The number of Topliss-reactive ketones (excluding diaryl/α,β-unsaturated/α-hetero) is 1. The van der Waals surface area contributed by atoms with E-state index >= 15 is 0 Å². The van der Waals surface area contributed by atoms with E-state index in [1.807, 2.05) is 0 Å². The molecule has 0 spiro atoms. The number of ketones is 1. The number of carbonyl (C=O) groups is 3. The van der Waals surface area contributed by atoms with Crippen LogP contribution in [0.4, 0.5) is 5.69 Å². The normalized spacial score (nSPS) is 17.6. The molecule has 1 fully saturated rings. The van der Waals surface area contributed by atoms with Crippen molar-refractivity contribution in [3.05, 3.63) is 23.8 Å². The summed E-state index contributed by atoms with van der Waals surface area (Å²) in [6.45, 7) is 1.65. The van der Waals surface area contributed by atoms with E-state index < -0.39 is 0 Å². The van der Waals surface area contributed by atoms with Gasteiger partial charge in [0.25, 0.3) is 5.91 Å². The lowest BCUT2D eigenvalue weighted by molar-refractivity contribution is -0.125. The van der Waals surface area contributed by atoms with Crippen molar-refractivity contribution in [3.8, 4) is 5.75 Å². The summed E-state index contributed by atoms with van der Waals surface area (Å²) < 4.78 is 5.43. The van der Waals surface area contributed by atoms with Gasteiger partial charge in [0.1, 0.15) is 12.3 Å². The van der Waals surface area contributed by atoms with Gasteiger partial charge >= 0.3 is 0 Å². The number of hydrogen-bond donors (Lipinski definition) is 1. The van der Waals surface area contributed by atoms with E-state index in [2.05, 4.69) is 5.32 Å². The maximum atomic E-state index is 12.4. The van der Waals surface area contributed by atoms with Crippen LogP contribution in [0, 0.1) is 0 Å². The summed E-state index contributed by atoms with van der Waals surface area (Å²) in [6, 6.07) is 5.23. The largest absolute Gasteiger partial charge is 0.482 e. The third-order valence-corrected chi connectivity index (χ3v) is 4.82. The fourth-order valence-electron chi connectivity index (χ4n) is 3.42. The van der Waals surface area contributed by atoms with Crippen molar-refractivity contribution >= 4 is 23.3 Å². The number of anilines is 1. The van der Waals surface area contributed by atoms with Crippen LogP contribution in [0.5, 0.6) is 5.75 Å². The first-order valence-electron chi connectivity index (χ1n) is 8.98. The topological polar surface area (TPSA) is 75.7 Å². The Morgan fingerprint density at radius 1 is 1.24 bits per heavy atom. The van der Waals surface area contributed by atoms with Crippen LogP contribution in [0.1, 0.15) is 55.8 Å². The predicted molar refractivity (Wildman–Crippen MR) is 93.9 cm³/mol. The summed E-state index contributed by atoms with van der Waals surface area (Å²) in [6.07, 6.45) is 5.86. The first-order valence-corrected chi connectivity index (χ1v) is 8.98. The van der Waals surface area contributed by atoms with Crippen LogP contribution in [0.15, 0.2) is 18.2 Å². The van der Waals surface area contributed by atoms with Crippen molar-refractivity contribution in [2.24, 2.45) is 0 Å². The molecule has 1 aromatic carbocycles. The zero-order valence-electron chi connectivity index (χ0n) is 14.5. The zero-order chi connectivity index (χ0) is 17.8. The summed E-state index contributed by atoms with van der Waals surface area (Å²) >= 11 is 0. The molecule has 0 aromatic heterocycles. The van der Waals surface area contributed by atoms with Gasteiger partial charge in [0.2, 0.25) is 5.91 Å². The highest BCUT2D eigenvalue weighted by molar-refractivity contribution is 6.04. The van der Waals surface area contributed by atoms with Gasteiger partial charge in [-0.1, -0.05) is 26.2 Å². The number of amides is 2. The van der Waals surface area contributed by atoms with Gasteiger partial charge in [0, 0.05) is 18.0 Å². The molecular formula is C19H24N2O4. The molecule has 6 nitrogen and oxygen atoms in total. The standard InChI is InChI=1S/C19H24N2O4/c1-2-16(22)13-8-9-17-15(10-13)21(19(24)12-25-17)11-18(23)20-14-6-4-3-5-7-14/h8-10,14H,2-7,11-12H2,1H3,(H,20,23). The molecule has 1 heterocycles. The number of benzene rings is 1. The number of fused-ring (bicyclic) bond motifs is 1. The van der Waals surface area contributed by atoms with E-state index in [0.717, 1.165) is 25.7 Å². The molecule has 6 heteroatoms. The van der Waals surface area contributed by atoms with Crippen LogP contribution >= 0.6 is 0 Å². The maximum absolute atomic E-state index is 12.4. The van der Waals surface area contributed by atoms with Crippen molar-refractivity contribution in [1.82, 2.24) is 5.32 Å². The smallest absolute Gasteiger partial charge is 0.265 e. The summed E-state index contributed by atoms with van der Waals surface area (Å²) in [5.74, 6) is 0.0814. The van der Waals surface area contributed by atoms with E-state index in [1.54, 1.807) is 25.1 Å². The fraction of sp³-hybridized carbons (Fsp3) is 0.526. The van der Waals surface area contributed by atoms with Gasteiger partial charge in [-0.05, 0) is 31.0 Å². The molecule has 0 bridgehead atoms. The summed E-state index contributed by atoms with van der Waals surface area (Å²) in [5.41, 5.74) is 1.02. The van der Waals surface area contributed by atoms with E-state index in [9.17, 15) is 14.4 Å². The molecule has 3 rings (SSSR count). The van der Waals surface area contributed by atoms with Crippen LogP contribution in [-0.2, 0) is 9.59 Å². The molecule has 1 aromatic rings. The van der Waals surface area contributed by atoms with Crippen LogP contribution in [-0.4, -0.2) is 36.8 Å². The highest BCUT2D eigenvalue weighted by Gasteiger charge is 2.29. The Kier molecular flexibility index (Phi) is 5.36. The predicted octanol–water partition coefficient (Wildman–Crippen LogP) is 2.45. The molecule has 1 N–H and O–H groups in total. The molecular weight excluding hydrogens is 320 g/mol. The Hall–Kier alpha value is -2.37. The molecule has 1 aliphatic carbocycles. The van der Waals surface area contributed by atoms with E-state index in [1.165, 1.54) is 11.3 Å². The Morgan fingerprint density at radius 3 is 2.72 bits per heavy atom. The van der Waals surface area contributed by atoms with Gasteiger partial charge in [-0.2, -0.15) is 0 Å². The van der Waals surface area contributed by atoms with Crippen LogP contribution in [0.2, 0.25) is 0 Å². The first kappa shape index (κ1) is 17.5. The molecule has 0 unspecified atom stereocenters. The molecule has 25 heavy (non-hydrogen) atoms. The van der Waals surface area contributed by atoms with Gasteiger partial charge in [-0.25, -0.2) is 0 Å². The van der Waals surface area contributed by atoms with E-state index in [0.29, 0.717) is 23.4 Å². The minimum absolute atomic E-state index is 0.00701. The van der Waals surface area contributed by atoms with Gasteiger partial charge in [0.05, 0.1) is 5.69 Å². The lowest BCUT2D eigenvalue weighted by Crippen LogP contribution is -2.47. The maximum Gasteiger partial charge on any atom is 0.265 e. The molecule has 1 aliphatic heterocycles. The average Bonchev–Trinajstić information content (AvgIpc) is 2.64. The van der Waals surface area contributed by atoms with Crippen molar-refractivity contribution in [1.29, 1.82) is 0 Å². The van der Waals surface area contributed by atoms with Crippen molar-refractivity contribution in [2.45, 2.75) is 51.5 Å². The highest BCUT2D eigenvalue weighted by atomic mass is 16.5. The summed E-state index contributed by atoms with van der Waals surface area (Å²) in [7, 11) is 0. The van der Waals surface area contributed by atoms with Crippen LogP contribution in [0.3, 0.4) is 0 Å². The average molecular weight is 344 g/mol. The lowest BCUT2D eigenvalue weighted by atomic mass is 9.95. The van der Waals surface area contributed by atoms with Gasteiger partial charge < -0.3 is 10.1 Å². The van der Waals surface area contributed by atoms with Crippen LogP contribution < -0.4 is 15.0 Å². The minimum atomic E-state index is -0.271. The van der Waals surface area contributed by atoms with Crippen molar-refractivity contribution < 1.29 is 19.1 Å². The van der Waals surface area contributed by atoms with Crippen molar-refractivity contribution in [3.63, 3.8) is 0 Å². The summed E-state index contributed by atoms with van der Waals surface area (Å²) in [5, 5.41) is 3.03. The number of ether oxygens (including phenoxy) is 1. The van der Waals surface area contributed by atoms with E-state index in [-0.39, 0.29) is 36.8 Å². The molecule has 134 valence electrons. The van der Waals surface area contributed by atoms with Crippen LogP contribution in [0.25, 0.3) is 0 Å². The molecule has 0 atom stereocenters. The summed E-state index contributed by atoms with van der Waals surface area (Å²) in [4.78, 5) is 38.0. The van der Waals surface area contributed by atoms with Gasteiger partial charge in [0.15, 0.2) is 12.4 Å². The van der Waals surface area contributed by atoms with Gasteiger partial charge in [-0.15, -0.1) is 0 Å². The lowest BCUT2D eigenvalue weighted by Gasteiger charge is -2.30. The second-order valence-corrected chi connectivity index (χ2v) is 6.63. The monoisotopic (exact) mass is 344 g/mol. The first-order chi connectivity index (χ1) is 12.1. The second-order valence-electron chi connectivity index (χ2n) is 6.63. The fourth-order valence-corrected chi connectivity index (χ4v) is 3.42. The molecule has 2 amide bonds. The third-order valence-electron chi connectivity index (χ3n) is 4.82. The minimum Gasteiger partial charge on any atom is -0.482 e. The number of rotatable bonds is 5. The highest BCUT2D eigenvalue weighted by Crippen LogP contribution is 2.33. The zero-order valence-corrected chi connectivity index (χ0v) is 14.5. The van der Waals surface area contributed by atoms with Crippen molar-refractivity contribution in [2.75, 3.05) is 18.1 Å². The molecule has 2 aliphatic rings. The third kappa shape index (κ3) is 4.00. The molecule has 1 saturated carbocycles. The quantitative estimate of drug-likeness (QED) is 0.833. The Bertz CT molecular complexity index is 680. The Morgan fingerprint density at radius 2 is 2.00 bits per heavy atom. The molecule has 0 saturated heterocycles. The van der Waals surface area contributed by atoms with E-state index in [4.69, 9.17) is 4.74 Å².